The molecule has 1 unspecified atom stereocenters. The van der Waals surface area contributed by atoms with E-state index in [-0.39, 0.29) is 18.9 Å². The molecule has 1 saturated heterocycles. The molecule has 5 rings (SSSR count). The molecule has 1 aromatic heterocycles. The van der Waals surface area contributed by atoms with Crippen LogP contribution in [0, 0.1) is 0 Å². The van der Waals surface area contributed by atoms with E-state index < -0.39 is 17.9 Å². The number of amides is 1. The van der Waals surface area contributed by atoms with Crippen LogP contribution in [0.4, 0.5) is 11.6 Å². The van der Waals surface area contributed by atoms with E-state index in [2.05, 4.69) is 27.3 Å². The Morgan fingerprint density at radius 1 is 0.860 bits per heavy atom. The summed E-state index contributed by atoms with van der Waals surface area (Å²) in [5, 5.41) is 13.1. The van der Waals surface area contributed by atoms with E-state index in [9.17, 15) is 14.7 Å². The Bertz CT molecular complexity index is 1560. The molecular formula is C32H31Cl2N5O4. The molecule has 2 heterocycles. The summed E-state index contributed by atoms with van der Waals surface area (Å²) in [5.74, 6) is -1.49. The third kappa shape index (κ3) is 8.01. The van der Waals surface area contributed by atoms with Crippen molar-refractivity contribution in [3.63, 3.8) is 0 Å². The summed E-state index contributed by atoms with van der Waals surface area (Å²) in [6, 6.07) is 24.9. The van der Waals surface area contributed by atoms with Gasteiger partial charge in [0.2, 0.25) is 5.95 Å². The topological polar surface area (TPSA) is 108 Å². The van der Waals surface area contributed by atoms with Gasteiger partial charge in [-0.25, -0.2) is 14.8 Å². The minimum absolute atomic E-state index is 0.0320. The van der Waals surface area contributed by atoms with Crippen molar-refractivity contribution in [1.82, 2.24) is 15.3 Å². The standard InChI is InChI=1S/C32H31Cl2N5O4/c33-25-13-12-23(18-26(25)34)27-19-28(30(40)35-29(31(41)42)21-43-20-22-8-3-1-4-9-22)37-32(36-27)39-15-7-14-38(16-17-39)24-10-5-2-6-11-24/h1-6,8-13,18-19,29H,7,14-17,20-21H2,(H,35,40)(H,41,42). The fourth-order valence-corrected chi connectivity index (χ4v) is 5.08. The molecule has 4 aromatic rings. The number of carboxylic acids is 1. The van der Waals surface area contributed by atoms with E-state index in [4.69, 9.17) is 32.9 Å². The number of aromatic nitrogens is 2. The number of anilines is 2. The smallest absolute Gasteiger partial charge is 0.328 e. The second-order valence-corrected chi connectivity index (χ2v) is 10.9. The summed E-state index contributed by atoms with van der Waals surface area (Å²) < 4.78 is 5.61. The zero-order valence-corrected chi connectivity index (χ0v) is 24.8. The van der Waals surface area contributed by atoms with Gasteiger partial charge in [-0.1, -0.05) is 77.8 Å². The van der Waals surface area contributed by atoms with E-state index in [1.165, 1.54) is 6.07 Å². The molecule has 0 spiro atoms. The highest BCUT2D eigenvalue weighted by molar-refractivity contribution is 6.42. The number of para-hydroxylation sites is 1. The second kappa shape index (κ2) is 14.3. The summed E-state index contributed by atoms with van der Waals surface area (Å²) in [7, 11) is 0. The lowest BCUT2D eigenvalue weighted by Crippen LogP contribution is -2.44. The summed E-state index contributed by atoms with van der Waals surface area (Å²) in [6.45, 7) is 2.92. The molecule has 0 aliphatic carbocycles. The lowest BCUT2D eigenvalue weighted by Gasteiger charge is -2.24. The Hall–Kier alpha value is -4.18. The summed E-state index contributed by atoms with van der Waals surface area (Å²) in [6.07, 6.45) is 0.858. The highest BCUT2D eigenvalue weighted by atomic mass is 35.5. The summed E-state index contributed by atoms with van der Waals surface area (Å²) >= 11 is 12.4. The van der Waals surface area contributed by atoms with Gasteiger partial charge in [-0.15, -0.1) is 0 Å². The van der Waals surface area contributed by atoms with Gasteiger partial charge in [-0.2, -0.15) is 0 Å². The number of nitrogens with one attached hydrogen (secondary N) is 1. The van der Waals surface area contributed by atoms with Crippen LogP contribution in [0.1, 0.15) is 22.5 Å². The van der Waals surface area contributed by atoms with E-state index in [1.54, 1.807) is 18.2 Å². The third-order valence-corrected chi connectivity index (χ3v) is 7.80. The van der Waals surface area contributed by atoms with Crippen LogP contribution in [-0.4, -0.2) is 65.8 Å². The van der Waals surface area contributed by atoms with Gasteiger partial charge in [0, 0.05) is 37.4 Å². The molecule has 222 valence electrons. The largest absolute Gasteiger partial charge is 0.480 e. The van der Waals surface area contributed by atoms with E-state index >= 15 is 0 Å². The van der Waals surface area contributed by atoms with Crippen molar-refractivity contribution >= 4 is 46.7 Å². The van der Waals surface area contributed by atoms with Gasteiger partial charge in [-0.05, 0) is 42.3 Å². The lowest BCUT2D eigenvalue weighted by molar-refractivity contribution is -0.141. The zero-order valence-electron chi connectivity index (χ0n) is 23.3. The molecule has 0 bridgehead atoms. The Morgan fingerprint density at radius 2 is 1.56 bits per heavy atom. The van der Waals surface area contributed by atoms with Gasteiger partial charge in [0.15, 0.2) is 6.04 Å². The molecule has 43 heavy (non-hydrogen) atoms. The van der Waals surface area contributed by atoms with Gasteiger partial charge in [-0.3, -0.25) is 4.79 Å². The number of hydrogen-bond donors (Lipinski definition) is 2. The number of halogens is 2. The molecule has 1 amide bonds. The zero-order chi connectivity index (χ0) is 30.2. The molecule has 1 aliphatic heterocycles. The van der Waals surface area contributed by atoms with Gasteiger partial charge in [0.25, 0.3) is 5.91 Å². The summed E-state index contributed by atoms with van der Waals surface area (Å²) in [4.78, 5) is 39.2. The Kier molecular flexibility index (Phi) is 10.1. The monoisotopic (exact) mass is 619 g/mol. The summed E-state index contributed by atoms with van der Waals surface area (Å²) in [5.41, 5.74) is 3.18. The molecule has 3 aromatic carbocycles. The van der Waals surface area contributed by atoms with E-state index in [0.29, 0.717) is 40.3 Å². The number of nitrogens with zero attached hydrogens (tertiary/aromatic N) is 4. The molecule has 1 aliphatic rings. The first-order valence-corrected chi connectivity index (χ1v) is 14.7. The Balaban J connectivity index is 1.38. The van der Waals surface area contributed by atoms with Gasteiger partial charge >= 0.3 is 5.97 Å². The molecule has 1 atom stereocenters. The van der Waals surface area contributed by atoms with Crippen LogP contribution in [-0.2, 0) is 16.1 Å². The van der Waals surface area contributed by atoms with Crippen molar-refractivity contribution in [3.05, 3.63) is 106 Å². The first-order chi connectivity index (χ1) is 20.9. The SMILES string of the molecule is O=C(NC(COCc1ccccc1)C(=O)O)c1cc(-c2ccc(Cl)c(Cl)c2)nc(N2CCCN(c3ccccc3)CC2)n1. The van der Waals surface area contributed by atoms with Crippen LogP contribution in [0.25, 0.3) is 11.3 Å². The maximum atomic E-state index is 13.4. The van der Waals surface area contributed by atoms with Crippen molar-refractivity contribution in [2.24, 2.45) is 0 Å². The van der Waals surface area contributed by atoms with E-state index in [0.717, 1.165) is 30.8 Å². The van der Waals surface area contributed by atoms with Crippen LogP contribution >= 0.6 is 23.2 Å². The van der Waals surface area contributed by atoms with Crippen LogP contribution in [0.3, 0.4) is 0 Å². The number of rotatable bonds is 10. The fraction of sp³-hybridized carbons (Fsp3) is 0.250. The molecule has 2 N–H and O–H groups in total. The quantitative estimate of drug-likeness (QED) is 0.237. The number of aliphatic carboxylic acids is 1. The predicted octanol–water partition coefficient (Wildman–Crippen LogP) is 5.57. The lowest BCUT2D eigenvalue weighted by atomic mass is 10.1. The highest BCUT2D eigenvalue weighted by Crippen LogP contribution is 2.29. The first kappa shape index (κ1) is 30.3. The fourth-order valence-electron chi connectivity index (χ4n) is 4.79. The van der Waals surface area contributed by atoms with Crippen molar-refractivity contribution in [1.29, 1.82) is 0 Å². The molecular weight excluding hydrogens is 589 g/mol. The molecule has 9 nitrogen and oxygen atoms in total. The van der Waals surface area contributed by atoms with Gasteiger partial charge < -0.3 is 25.0 Å². The van der Waals surface area contributed by atoms with Gasteiger partial charge in [0.1, 0.15) is 5.69 Å². The Morgan fingerprint density at radius 3 is 2.28 bits per heavy atom. The number of benzene rings is 3. The van der Waals surface area contributed by atoms with Crippen molar-refractivity contribution in [3.8, 4) is 11.3 Å². The molecule has 0 radical (unpaired) electrons. The number of hydrogen-bond acceptors (Lipinski definition) is 7. The predicted molar refractivity (Wildman–Crippen MR) is 168 cm³/mol. The Labute approximate surface area is 260 Å². The first-order valence-electron chi connectivity index (χ1n) is 13.9. The number of carbonyl (C=O) groups excluding carboxylic acids is 1. The van der Waals surface area contributed by atoms with Crippen molar-refractivity contribution < 1.29 is 19.4 Å². The van der Waals surface area contributed by atoms with Crippen molar-refractivity contribution in [2.75, 3.05) is 42.6 Å². The van der Waals surface area contributed by atoms with Crippen LogP contribution in [0.15, 0.2) is 84.9 Å². The van der Waals surface area contributed by atoms with Crippen molar-refractivity contribution in [2.45, 2.75) is 19.1 Å². The third-order valence-electron chi connectivity index (χ3n) is 7.06. The average Bonchev–Trinajstić information content (AvgIpc) is 3.29. The number of carbonyl (C=O) groups is 2. The average molecular weight is 621 g/mol. The number of carboxylic acid groups (broad SMARTS) is 1. The normalized spacial score (nSPS) is 14.2. The van der Waals surface area contributed by atoms with E-state index in [1.807, 2.05) is 53.4 Å². The molecule has 11 heteroatoms. The minimum atomic E-state index is -1.28. The maximum Gasteiger partial charge on any atom is 0.328 e. The molecule has 0 saturated carbocycles. The van der Waals surface area contributed by atoms with Crippen LogP contribution in [0.5, 0.6) is 0 Å². The van der Waals surface area contributed by atoms with Crippen LogP contribution < -0.4 is 15.1 Å². The minimum Gasteiger partial charge on any atom is -0.480 e. The highest BCUT2D eigenvalue weighted by Gasteiger charge is 2.25. The second-order valence-electron chi connectivity index (χ2n) is 10.1. The van der Waals surface area contributed by atoms with Gasteiger partial charge in [0.05, 0.1) is 29.0 Å². The number of ether oxygens (including phenoxy) is 1. The van der Waals surface area contributed by atoms with Crippen LogP contribution in [0.2, 0.25) is 10.0 Å². The molecule has 1 fully saturated rings. The maximum absolute atomic E-state index is 13.4.